The second kappa shape index (κ2) is 10.7. The van der Waals surface area contributed by atoms with Crippen molar-refractivity contribution in [1.29, 1.82) is 0 Å². The molecule has 6 heteroatoms. The van der Waals surface area contributed by atoms with Crippen LogP contribution < -0.4 is 0 Å². The van der Waals surface area contributed by atoms with Crippen molar-refractivity contribution in [3.63, 3.8) is 0 Å². The van der Waals surface area contributed by atoms with Gasteiger partial charge in [0.2, 0.25) is 0 Å². The average Bonchev–Trinajstić information content (AvgIpc) is 3.53. The smallest absolute Gasteiger partial charge is 0.338 e. The van der Waals surface area contributed by atoms with E-state index >= 15 is 0 Å². The molecule has 0 saturated heterocycles. The van der Waals surface area contributed by atoms with Gasteiger partial charge >= 0.3 is 5.97 Å². The van der Waals surface area contributed by atoms with Crippen LogP contribution >= 0.6 is 0 Å². The lowest BCUT2D eigenvalue weighted by atomic mass is 9.99. The highest BCUT2D eigenvalue weighted by atomic mass is 16.5. The van der Waals surface area contributed by atoms with Gasteiger partial charge < -0.3 is 13.8 Å². The summed E-state index contributed by atoms with van der Waals surface area (Å²) in [6, 6.07) is 30.4. The highest BCUT2D eigenvalue weighted by molar-refractivity contribution is 5.99. The zero-order valence-electron chi connectivity index (χ0n) is 22.7. The number of carbonyl (C=O) groups is 1. The Labute approximate surface area is 232 Å². The first-order valence-corrected chi connectivity index (χ1v) is 13.4. The third-order valence-electron chi connectivity index (χ3n) is 7.22. The first-order valence-electron chi connectivity index (χ1n) is 13.4. The van der Waals surface area contributed by atoms with Crippen molar-refractivity contribution in [1.82, 2.24) is 14.7 Å². The summed E-state index contributed by atoms with van der Waals surface area (Å²) in [5, 5.41) is 5.28. The molecule has 40 heavy (non-hydrogen) atoms. The van der Waals surface area contributed by atoms with Gasteiger partial charge in [-0.1, -0.05) is 65.8 Å². The van der Waals surface area contributed by atoms with Crippen LogP contribution in [0.2, 0.25) is 0 Å². The zero-order valence-corrected chi connectivity index (χ0v) is 22.7. The molecular weight excluding hydrogens is 498 g/mol. The number of pyridine rings is 1. The molecule has 6 nitrogen and oxygen atoms in total. The van der Waals surface area contributed by atoms with E-state index < -0.39 is 0 Å². The Bertz CT molecular complexity index is 1730. The van der Waals surface area contributed by atoms with Crippen molar-refractivity contribution in [2.75, 3.05) is 6.61 Å². The first kappa shape index (κ1) is 25.3. The Balaban J connectivity index is 1.59. The van der Waals surface area contributed by atoms with Gasteiger partial charge in [-0.05, 0) is 67.8 Å². The van der Waals surface area contributed by atoms with Crippen molar-refractivity contribution in [2.24, 2.45) is 0 Å². The molecule has 198 valence electrons. The number of esters is 1. The third-order valence-corrected chi connectivity index (χ3v) is 7.22. The molecule has 3 heterocycles. The van der Waals surface area contributed by atoms with E-state index in [4.69, 9.17) is 14.2 Å². The van der Waals surface area contributed by atoms with E-state index in [1.54, 1.807) is 0 Å². The van der Waals surface area contributed by atoms with Crippen molar-refractivity contribution in [3.8, 4) is 22.3 Å². The number of ether oxygens (including phenoxy) is 1. The Morgan fingerprint density at radius 1 is 0.925 bits per heavy atom. The summed E-state index contributed by atoms with van der Waals surface area (Å²) in [4.78, 5) is 17.0. The van der Waals surface area contributed by atoms with E-state index in [9.17, 15) is 4.79 Å². The molecule has 0 radical (unpaired) electrons. The second-order valence-corrected chi connectivity index (χ2v) is 9.75. The number of hydrogen-bond acceptors (Lipinski definition) is 5. The molecule has 6 aromatic rings. The van der Waals surface area contributed by atoms with Crippen LogP contribution in [0.5, 0.6) is 0 Å². The number of carbonyl (C=O) groups excluding carboxylic acids is 1. The lowest BCUT2D eigenvalue weighted by Gasteiger charge is -2.21. The van der Waals surface area contributed by atoms with E-state index in [0.29, 0.717) is 12.2 Å². The maximum atomic E-state index is 12.3. The van der Waals surface area contributed by atoms with Crippen molar-refractivity contribution in [2.45, 2.75) is 26.8 Å². The summed E-state index contributed by atoms with van der Waals surface area (Å²) < 4.78 is 13.0. The largest absolute Gasteiger partial charge is 0.462 e. The summed E-state index contributed by atoms with van der Waals surface area (Å²) in [6.07, 6.45) is 4.02. The van der Waals surface area contributed by atoms with Gasteiger partial charge in [0, 0.05) is 28.9 Å². The molecule has 0 aliphatic rings. The van der Waals surface area contributed by atoms with Crippen molar-refractivity contribution in [3.05, 3.63) is 132 Å². The molecule has 6 rings (SSSR count). The highest BCUT2D eigenvalue weighted by Crippen LogP contribution is 2.39. The molecule has 0 saturated carbocycles. The molecule has 0 spiro atoms. The molecule has 0 N–H and O–H groups in total. The van der Waals surface area contributed by atoms with Crippen LogP contribution in [0.3, 0.4) is 0 Å². The topological polar surface area (TPSA) is 70.2 Å². The predicted molar refractivity (Wildman–Crippen MR) is 156 cm³/mol. The zero-order chi connectivity index (χ0) is 27.6. The van der Waals surface area contributed by atoms with Gasteiger partial charge in [0.05, 0.1) is 29.1 Å². The van der Waals surface area contributed by atoms with E-state index in [-0.39, 0.29) is 12.0 Å². The molecule has 0 bridgehead atoms. The molecule has 3 aromatic heterocycles. The quantitative estimate of drug-likeness (QED) is 0.198. The summed E-state index contributed by atoms with van der Waals surface area (Å²) in [5.74, 6) is 0.467. The van der Waals surface area contributed by atoms with Crippen LogP contribution in [0.25, 0.3) is 33.2 Å². The Kier molecular flexibility index (Phi) is 6.74. The number of aromatic nitrogens is 3. The Morgan fingerprint density at radius 2 is 1.68 bits per heavy atom. The normalized spacial score (nSPS) is 12.0. The van der Waals surface area contributed by atoms with Crippen LogP contribution in [0.1, 0.15) is 46.0 Å². The highest BCUT2D eigenvalue weighted by Gasteiger charge is 2.23. The standard InChI is InChI=1S/C34H29N3O3/c1-4-39-34(38)26-15-13-24(14-16-26)29-21-37(33(25-10-6-5-7-11-25)30-12-8-9-19-35-30)31-20-27(17-18-28(29)31)32-22(2)36-40-23(32)3/h5-21,33H,4H2,1-3H3/t33-/m0/s1. The number of fused-ring (bicyclic) bond motifs is 1. The second-order valence-electron chi connectivity index (χ2n) is 9.75. The van der Waals surface area contributed by atoms with Crippen LogP contribution in [-0.2, 0) is 4.74 Å². The fourth-order valence-corrected chi connectivity index (χ4v) is 5.39. The third kappa shape index (κ3) is 4.58. The fraction of sp³-hybridized carbons (Fsp3) is 0.147. The van der Waals surface area contributed by atoms with Crippen molar-refractivity contribution < 1.29 is 14.1 Å². The van der Waals surface area contributed by atoms with E-state index in [2.05, 4.69) is 64.5 Å². The van der Waals surface area contributed by atoms with Gasteiger partial charge in [-0.3, -0.25) is 4.98 Å². The predicted octanol–water partition coefficient (Wildman–Crippen LogP) is 7.79. The molecular formula is C34H29N3O3. The molecule has 0 fully saturated rings. The SMILES string of the molecule is CCOC(=O)c1ccc(-c2cn([C@@H](c3ccccc3)c3ccccn3)c3cc(-c4c(C)noc4C)ccc23)cc1. The lowest BCUT2D eigenvalue weighted by molar-refractivity contribution is 0.0526. The van der Waals surface area contributed by atoms with Crippen LogP contribution in [0, 0.1) is 13.8 Å². The van der Waals surface area contributed by atoms with E-state index in [1.807, 2.05) is 69.4 Å². The molecule has 3 aromatic carbocycles. The summed E-state index contributed by atoms with van der Waals surface area (Å²) in [6.45, 7) is 6.06. The summed E-state index contributed by atoms with van der Waals surface area (Å²) >= 11 is 0. The number of benzene rings is 3. The maximum absolute atomic E-state index is 12.3. The number of aryl methyl sites for hydroxylation is 2. The number of rotatable bonds is 7. The monoisotopic (exact) mass is 527 g/mol. The van der Waals surface area contributed by atoms with Gasteiger partial charge in [0.15, 0.2) is 0 Å². The summed E-state index contributed by atoms with van der Waals surface area (Å²) in [5.41, 5.74) is 8.63. The van der Waals surface area contributed by atoms with E-state index in [0.717, 1.165) is 55.9 Å². The number of nitrogens with zero attached hydrogens (tertiary/aromatic N) is 3. The lowest BCUT2D eigenvalue weighted by Crippen LogP contribution is -2.12. The number of hydrogen-bond donors (Lipinski definition) is 0. The van der Waals surface area contributed by atoms with E-state index in [1.165, 1.54) is 0 Å². The minimum atomic E-state index is -0.320. The van der Waals surface area contributed by atoms with Gasteiger partial charge in [-0.15, -0.1) is 0 Å². The van der Waals surface area contributed by atoms with Gasteiger partial charge in [0.1, 0.15) is 11.8 Å². The van der Waals surface area contributed by atoms with Crippen LogP contribution in [0.15, 0.2) is 108 Å². The fourth-order valence-electron chi connectivity index (χ4n) is 5.39. The van der Waals surface area contributed by atoms with Crippen LogP contribution in [0.4, 0.5) is 0 Å². The minimum Gasteiger partial charge on any atom is -0.462 e. The molecule has 0 aliphatic heterocycles. The van der Waals surface area contributed by atoms with Gasteiger partial charge in [-0.25, -0.2) is 4.79 Å². The maximum Gasteiger partial charge on any atom is 0.338 e. The Hall–Kier alpha value is -4.97. The molecule has 0 aliphatic carbocycles. The first-order chi connectivity index (χ1) is 19.5. The van der Waals surface area contributed by atoms with Crippen molar-refractivity contribution >= 4 is 16.9 Å². The Morgan fingerprint density at radius 3 is 2.35 bits per heavy atom. The summed E-state index contributed by atoms with van der Waals surface area (Å²) in [7, 11) is 0. The van der Waals surface area contributed by atoms with Gasteiger partial charge in [0.25, 0.3) is 0 Å². The molecule has 0 amide bonds. The van der Waals surface area contributed by atoms with Crippen LogP contribution in [-0.4, -0.2) is 27.3 Å². The average molecular weight is 528 g/mol. The minimum absolute atomic E-state index is 0.155. The molecule has 1 atom stereocenters. The molecule has 0 unspecified atom stereocenters. The van der Waals surface area contributed by atoms with Gasteiger partial charge in [-0.2, -0.15) is 0 Å².